The summed E-state index contributed by atoms with van der Waals surface area (Å²) in [5, 5.41) is 0. The summed E-state index contributed by atoms with van der Waals surface area (Å²) in [6.45, 7) is 8.21. The van der Waals surface area contributed by atoms with Crippen LogP contribution in [0.25, 0.3) is 0 Å². The number of unbranched alkanes of at least 4 members (excludes halogenated alkanes) is 2. The third-order valence-corrected chi connectivity index (χ3v) is 2.51. The summed E-state index contributed by atoms with van der Waals surface area (Å²) in [5.41, 5.74) is 0. The Bertz CT molecular complexity index is 284. The second-order valence-electron chi connectivity index (χ2n) is 4.04. The maximum atomic E-state index is 4.51. The third-order valence-electron chi connectivity index (χ3n) is 2.51. The van der Waals surface area contributed by atoms with Gasteiger partial charge in [-0.15, -0.1) is 0 Å². The van der Waals surface area contributed by atoms with Crippen molar-refractivity contribution in [3.05, 3.63) is 24.4 Å². The summed E-state index contributed by atoms with van der Waals surface area (Å²) in [6.07, 6.45) is 7.23. The molecule has 0 aromatic carbocycles. The zero-order valence-corrected chi connectivity index (χ0v) is 10.5. The smallest absolute Gasteiger partial charge is 0.132 e. The molecule has 0 saturated heterocycles. The van der Waals surface area contributed by atoms with Crippen molar-refractivity contribution in [1.82, 2.24) is 15.0 Å². The predicted molar refractivity (Wildman–Crippen MR) is 66.1 cm³/mol. The molecule has 0 aliphatic rings. The van der Waals surface area contributed by atoms with Crippen LogP contribution >= 0.6 is 0 Å². The van der Waals surface area contributed by atoms with E-state index in [9.17, 15) is 0 Å². The zero-order valence-electron chi connectivity index (χ0n) is 10.5. The van der Waals surface area contributed by atoms with Crippen LogP contribution in [-0.2, 0) is 19.3 Å². The van der Waals surface area contributed by atoms with Crippen molar-refractivity contribution in [2.24, 2.45) is 0 Å². The fraction of sp³-hybridized carbons (Fsp3) is 0.692. The molecule has 0 saturated carbocycles. The van der Waals surface area contributed by atoms with Gasteiger partial charge in [-0.2, -0.15) is 0 Å². The van der Waals surface area contributed by atoms with Crippen LogP contribution in [0.15, 0.2) is 0 Å². The van der Waals surface area contributed by atoms with Gasteiger partial charge in [-0.3, -0.25) is 0 Å². The highest BCUT2D eigenvalue weighted by molar-refractivity contribution is 4.99. The van der Waals surface area contributed by atoms with Crippen molar-refractivity contribution in [3.8, 4) is 0 Å². The van der Waals surface area contributed by atoms with Gasteiger partial charge in [0, 0.05) is 19.3 Å². The summed E-state index contributed by atoms with van der Waals surface area (Å²) >= 11 is 0. The molecule has 1 rings (SSSR count). The second-order valence-corrected chi connectivity index (χ2v) is 4.04. The van der Waals surface area contributed by atoms with Gasteiger partial charge >= 0.3 is 0 Å². The highest BCUT2D eigenvalue weighted by atomic mass is 15.0. The fourth-order valence-electron chi connectivity index (χ4n) is 1.53. The average molecular weight is 220 g/mol. The Morgan fingerprint density at radius 2 is 1.25 bits per heavy atom. The van der Waals surface area contributed by atoms with Crippen LogP contribution < -0.4 is 0 Å². The Balaban J connectivity index is 2.74. The molecular formula is C13H22N3. The molecule has 1 aromatic heterocycles. The molecular weight excluding hydrogens is 198 g/mol. The first kappa shape index (κ1) is 13.1. The third kappa shape index (κ3) is 4.25. The van der Waals surface area contributed by atoms with Crippen molar-refractivity contribution >= 4 is 0 Å². The van der Waals surface area contributed by atoms with Crippen molar-refractivity contribution in [2.75, 3.05) is 0 Å². The molecule has 0 amide bonds. The molecule has 0 bridgehead atoms. The molecule has 0 aliphatic heterocycles. The van der Waals surface area contributed by atoms with Gasteiger partial charge in [0.15, 0.2) is 0 Å². The lowest BCUT2D eigenvalue weighted by atomic mass is 10.2. The predicted octanol–water partition coefficient (Wildman–Crippen LogP) is 2.93. The Morgan fingerprint density at radius 1 is 0.812 bits per heavy atom. The molecule has 3 heteroatoms. The molecule has 0 unspecified atom stereocenters. The van der Waals surface area contributed by atoms with Crippen LogP contribution in [0.4, 0.5) is 0 Å². The standard InChI is InChI=1S/C13H22N3/c1-4-7-9-12-14-11(6-3)15-13(16-12)10-8-5-2/h3-10H2,1-2H3. The topological polar surface area (TPSA) is 38.7 Å². The van der Waals surface area contributed by atoms with E-state index in [1.807, 2.05) is 0 Å². The van der Waals surface area contributed by atoms with E-state index in [-0.39, 0.29) is 0 Å². The number of aromatic nitrogens is 3. The van der Waals surface area contributed by atoms with Gasteiger partial charge in [0.25, 0.3) is 0 Å². The van der Waals surface area contributed by atoms with Crippen molar-refractivity contribution < 1.29 is 0 Å². The minimum Gasteiger partial charge on any atom is -0.218 e. The van der Waals surface area contributed by atoms with Crippen molar-refractivity contribution in [2.45, 2.75) is 58.8 Å². The maximum Gasteiger partial charge on any atom is 0.132 e. The van der Waals surface area contributed by atoms with Crippen molar-refractivity contribution in [3.63, 3.8) is 0 Å². The Morgan fingerprint density at radius 3 is 1.62 bits per heavy atom. The second kappa shape index (κ2) is 7.31. The van der Waals surface area contributed by atoms with Gasteiger partial charge in [0.1, 0.15) is 17.5 Å². The Hall–Kier alpha value is -0.990. The number of aryl methyl sites for hydroxylation is 2. The molecule has 16 heavy (non-hydrogen) atoms. The summed E-state index contributed by atoms with van der Waals surface area (Å²) in [4.78, 5) is 13.3. The molecule has 1 aromatic rings. The lowest BCUT2D eigenvalue weighted by molar-refractivity contribution is 0.685. The molecule has 0 atom stereocenters. The highest BCUT2D eigenvalue weighted by Crippen LogP contribution is 2.04. The van der Waals surface area contributed by atoms with Crippen molar-refractivity contribution in [1.29, 1.82) is 0 Å². The van der Waals surface area contributed by atoms with E-state index < -0.39 is 0 Å². The molecule has 3 nitrogen and oxygen atoms in total. The van der Waals surface area contributed by atoms with E-state index in [1.165, 1.54) is 12.8 Å². The Labute approximate surface area is 98.7 Å². The number of nitrogens with zero attached hydrogens (tertiary/aromatic N) is 3. The number of rotatable bonds is 7. The maximum absolute atomic E-state index is 4.51. The largest absolute Gasteiger partial charge is 0.218 e. The van der Waals surface area contributed by atoms with E-state index in [0.29, 0.717) is 6.42 Å². The minimum absolute atomic E-state index is 0.654. The van der Waals surface area contributed by atoms with Crippen LogP contribution in [0.1, 0.15) is 57.0 Å². The van der Waals surface area contributed by atoms with Crippen LogP contribution in [0.2, 0.25) is 0 Å². The summed E-state index contributed by atoms with van der Waals surface area (Å²) in [7, 11) is 0. The molecule has 1 heterocycles. The summed E-state index contributed by atoms with van der Waals surface area (Å²) < 4.78 is 0. The van der Waals surface area contributed by atoms with E-state index in [4.69, 9.17) is 0 Å². The van der Waals surface area contributed by atoms with Gasteiger partial charge in [-0.25, -0.2) is 15.0 Å². The quantitative estimate of drug-likeness (QED) is 0.709. The SMILES string of the molecule is [CH2]Cc1nc(CCCC)nc(CCCC)n1. The summed E-state index contributed by atoms with van der Waals surface area (Å²) in [5.74, 6) is 2.73. The van der Waals surface area contributed by atoms with Crippen LogP contribution in [0.5, 0.6) is 0 Å². The lowest BCUT2D eigenvalue weighted by Gasteiger charge is -2.05. The van der Waals surface area contributed by atoms with Gasteiger partial charge in [0.05, 0.1) is 0 Å². The first-order valence-corrected chi connectivity index (χ1v) is 6.32. The number of hydrogen-bond donors (Lipinski definition) is 0. The first-order valence-electron chi connectivity index (χ1n) is 6.32. The van der Waals surface area contributed by atoms with E-state index in [2.05, 4.69) is 35.7 Å². The molecule has 0 fully saturated rings. The zero-order chi connectivity index (χ0) is 11.8. The molecule has 0 spiro atoms. The average Bonchev–Trinajstić information content (AvgIpc) is 2.33. The highest BCUT2D eigenvalue weighted by Gasteiger charge is 2.04. The van der Waals surface area contributed by atoms with Gasteiger partial charge in [0.2, 0.25) is 0 Å². The fourth-order valence-corrected chi connectivity index (χ4v) is 1.53. The first-order chi connectivity index (χ1) is 7.80. The van der Waals surface area contributed by atoms with Crippen LogP contribution in [-0.4, -0.2) is 15.0 Å². The van der Waals surface area contributed by atoms with E-state index in [0.717, 1.165) is 43.2 Å². The minimum atomic E-state index is 0.654. The van der Waals surface area contributed by atoms with Gasteiger partial charge in [-0.1, -0.05) is 26.7 Å². The summed E-state index contributed by atoms with van der Waals surface area (Å²) in [6, 6.07) is 0. The molecule has 0 aliphatic carbocycles. The monoisotopic (exact) mass is 220 g/mol. The van der Waals surface area contributed by atoms with E-state index >= 15 is 0 Å². The normalized spacial score (nSPS) is 10.7. The number of hydrogen-bond acceptors (Lipinski definition) is 3. The van der Waals surface area contributed by atoms with Crippen LogP contribution in [0.3, 0.4) is 0 Å². The lowest BCUT2D eigenvalue weighted by Crippen LogP contribution is -2.07. The molecule has 0 N–H and O–H groups in total. The van der Waals surface area contributed by atoms with Gasteiger partial charge in [-0.05, 0) is 19.8 Å². The molecule has 89 valence electrons. The van der Waals surface area contributed by atoms with E-state index in [1.54, 1.807) is 0 Å². The van der Waals surface area contributed by atoms with Crippen LogP contribution in [0, 0.1) is 6.92 Å². The Kier molecular flexibility index (Phi) is 5.98. The van der Waals surface area contributed by atoms with Gasteiger partial charge < -0.3 is 0 Å². The molecule has 1 radical (unpaired) electrons.